The third-order valence-corrected chi connectivity index (χ3v) is 2.13. The molecule has 0 aliphatic heterocycles. The van der Waals surface area contributed by atoms with Gasteiger partial charge in [0, 0.05) is 11.6 Å². The molecule has 1 aromatic heterocycles. The molecule has 2 rings (SSSR count). The Kier molecular flexibility index (Phi) is 2.23. The van der Waals surface area contributed by atoms with Crippen LogP contribution in [-0.4, -0.2) is 12.3 Å². The number of rotatable bonds is 2. The molecule has 2 aromatic rings. The number of aromatic nitrogens is 1. The predicted octanol–water partition coefficient (Wildman–Crippen LogP) is 2.66. The van der Waals surface area contributed by atoms with Gasteiger partial charge in [-0.3, -0.25) is 0 Å². The van der Waals surface area contributed by atoms with Crippen molar-refractivity contribution in [2.45, 2.75) is 6.92 Å². The van der Waals surface area contributed by atoms with Gasteiger partial charge in [0.2, 0.25) is 0 Å². The van der Waals surface area contributed by atoms with Crippen LogP contribution in [0.4, 0.5) is 0 Å². The molecule has 0 atom stereocenters. The lowest BCUT2D eigenvalue weighted by molar-refractivity contribution is 0.411. The molecule has 3 heteroatoms. The van der Waals surface area contributed by atoms with Crippen molar-refractivity contribution in [3.05, 3.63) is 36.1 Å². The molecule has 0 spiro atoms. The molecule has 0 radical (unpaired) electrons. The molecule has 0 N–H and O–H groups in total. The maximum absolute atomic E-state index is 5.17. The molecule has 0 fully saturated rings. The largest absolute Gasteiger partial charge is 0.496 e. The van der Waals surface area contributed by atoms with Crippen molar-refractivity contribution in [2.75, 3.05) is 7.11 Å². The molecule has 0 bridgehead atoms. The number of benzene rings is 1. The fourth-order valence-electron chi connectivity index (χ4n) is 1.40. The third-order valence-electron chi connectivity index (χ3n) is 2.13. The second-order valence-corrected chi connectivity index (χ2v) is 3.07. The van der Waals surface area contributed by atoms with Crippen molar-refractivity contribution in [1.82, 2.24) is 5.16 Å². The van der Waals surface area contributed by atoms with Crippen LogP contribution in [0.2, 0.25) is 0 Å². The Labute approximate surface area is 82.3 Å². The van der Waals surface area contributed by atoms with E-state index in [4.69, 9.17) is 9.26 Å². The first-order valence-corrected chi connectivity index (χ1v) is 4.36. The molecule has 0 aliphatic rings. The zero-order valence-corrected chi connectivity index (χ0v) is 8.15. The van der Waals surface area contributed by atoms with Crippen LogP contribution in [0.25, 0.3) is 11.3 Å². The normalized spacial score (nSPS) is 10.1. The van der Waals surface area contributed by atoms with Gasteiger partial charge in [0.05, 0.1) is 7.11 Å². The van der Waals surface area contributed by atoms with E-state index in [1.54, 1.807) is 13.4 Å². The highest BCUT2D eigenvalue weighted by molar-refractivity contribution is 5.61. The van der Waals surface area contributed by atoms with E-state index in [2.05, 4.69) is 5.16 Å². The number of ether oxygens (including phenoxy) is 1. The van der Waals surface area contributed by atoms with Crippen molar-refractivity contribution in [3.63, 3.8) is 0 Å². The van der Waals surface area contributed by atoms with Gasteiger partial charge in [-0.1, -0.05) is 5.16 Å². The van der Waals surface area contributed by atoms with Crippen LogP contribution < -0.4 is 4.74 Å². The van der Waals surface area contributed by atoms with Gasteiger partial charge >= 0.3 is 0 Å². The van der Waals surface area contributed by atoms with Crippen LogP contribution in [0, 0.1) is 6.92 Å². The second-order valence-electron chi connectivity index (χ2n) is 3.07. The summed E-state index contributed by atoms with van der Waals surface area (Å²) in [5, 5.41) is 3.87. The molecule has 14 heavy (non-hydrogen) atoms. The average Bonchev–Trinajstić information content (AvgIpc) is 2.70. The molecule has 0 saturated heterocycles. The van der Waals surface area contributed by atoms with Crippen molar-refractivity contribution < 1.29 is 9.26 Å². The van der Waals surface area contributed by atoms with Gasteiger partial charge in [-0.05, 0) is 30.7 Å². The minimum absolute atomic E-state index is 0.843. The quantitative estimate of drug-likeness (QED) is 0.728. The summed E-state index contributed by atoms with van der Waals surface area (Å²) < 4.78 is 9.96. The zero-order chi connectivity index (χ0) is 9.97. The zero-order valence-electron chi connectivity index (χ0n) is 8.15. The summed E-state index contributed by atoms with van der Waals surface area (Å²) in [6.45, 7) is 2.00. The van der Waals surface area contributed by atoms with E-state index >= 15 is 0 Å². The van der Waals surface area contributed by atoms with Gasteiger partial charge in [0.1, 0.15) is 17.7 Å². The molecule has 0 saturated carbocycles. The Bertz CT molecular complexity index is 421. The first-order chi connectivity index (χ1) is 6.81. The summed E-state index contributed by atoms with van der Waals surface area (Å²) >= 11 is 0. The molecule has 1 heterocycles. The molecule has 0 aliphatic carbocycles. The number of methoxy groups -OCH3 is 1. The molecular weight excluding hydrogens is 178 g/mol. The minimum atomic E-state index is 0.843. The van der Waals surface area contributed by atoms with E-state index in [1.165, 1.54) is 0 Å². The smallest absolute Gasteiger partial charge is 0.124 e. The molecule has 3 nitrogen and oxygen atoms in total. The van der Waals surface area contributed by atoms with Gasteiger partial charge in [-0.25, -0.2) is 0 Å². The minimum Gasteiger partial charge on any atom is -0.496 e. The Morgan fingerprint density at radius 2 is 2.14 bits per heavy atom. The van der Waals surface area contributed by atoms with Gasteiger partial charge in [-0.2, -0.15) is 0 Å². The van der Waals surface area contributed by atoms with Crippen molar-refractivity contribution in [3.8, 4) is 17.0 Å². The summed E-state index contributed by atoms with van der Waals surface area (Å²) in [5.74, 6) is 0.886. The van der Waals surface area contributed by atoms with Crippen LogP contribution in [-0.2, 0) is 0 Å². The highest BCUT2D eigenvalue weighted by Gasteiger charge is 2.03. The van der Waals surface area contributed by atoms with E-state index in [1.807, 2.05) is 31.2 Å². The first-order valence-electron chi connectivity index (χ1n) is 4.36. The maximum atomic E-state index is 5.17. The number of nitrogens with zero attached hydrogens (tertiary/aromatic N) is 1. The fourth-order valence-corrected chi connectivity index (χ4v) is 1.40. The third kappa shape index (κ3) is 1.48. The van der Waals surface area contributed by atoms with Crippen molar-refractivity contribution in [2.24, 2.45) is 0 Å². The summed E-state index contributed by atoms with van der Waals surface area (Å²) in [6.07, 6.45) is 1.56. The van der Waals surface area contributed by atoms with Gasteiger partial charge in [0.15, 0.2) is 0 Å². The number of hydrogen-bond donors (Lipinski definition) is 0. The highest BCUT2D eigenvalue weighted by Crippen LogP contribution is 2.24. The predicted molar refractivity (Wildman–Crippen MR) is 53.2 cm³/mol. The Hall–Kier alpha value is -1.77. The maximum Gasteiger partial charge on any atom is 0.124 e. The van der Waals surface area contributed by atoms with Crippen LogP contribution in [0.5, 0.6) is 5.75 Å². The summed E-state index contributed by atoms with van der Waals surface area (Å²) in [6, 6.07) is 7.75. The lowest BCUT2D eigenvalue weighted by atomic mass is 10.1. The van der Waals surface area contributed by atoms with Crippen molar-refractivity contribution in [1.29, 1.82) is 0 Å². The van der Waals surface area contributed by atoms with E-state index in [-0.39, 0.29) is 0 Å². The van der Waals surface area contributed by atoms with Crippen LogP contribution in [0.15, 0.2) is 35.1 Å². The van der Waals surface area contributed by atoms with Gasteiger partial charge < -0.3 is 9.26 Å². The van der Waals surface area contributed by atoms with Crippen LogP contribution in [0.1, 0.15) is 5.56 Å². The lowest BCUT2D eigenvalue weighted by Gasteiger charge is -2.04. The Morgan fingerprint density at radius 3 is 2.71 bits per heavy atom. The van der Waals surface area contributed by atoms with E-state index < -0.39 is 0 Å². The molecular formula is C11H11NO2. The fraction of sp³-hybridized carbons (Fsp3) is 0.182. The summed E-state index contributed by atoms with van der Waals surface area (Å²) in [4.78, 5) is 0. The highest BCUT2D eigenvalue weighted by atomic mass is 16.5. The Balaban J connectivity index is 2.43. The van der Waals surface area contributed by atoms with E-state index in [0.717, 1.165) is 22.6 Å². The Morgan fingerprint density at radius 1 is 1.29 bits per heavy atom. The topological polar surface area (TPSA) is 35.3 Å². The van der Waals surface area contributed by atoms with E-state index in [0.29, 0.717) is 0 Å². The summed E-state index contributed by atoms with van der Waals surface area (Å²) in [7, 11) is 1.66. The lowest BCUT2D eigenvalue weighted by Crippen LogP contribution is -1.87. The molecule has 0 unspecified atom stereocenters. The van der Waals surface area contributed by atoms with E-state index in [9.17, 15) is 0 Å². The molecule has 72 valence electrons. The van der Waals surface area contributed by atoms with Crippen LogP contribution >= 0.6 is 0 Å². The monoisotopic (exact) mass is 189 g/mol. The first kappa shape index (κ1) is 8.81. The van der Waals surface area contributed by atoms with Crippen LogP contribution in [0.3, 0.4) is 0 Å². The number of aryl methyl sites for hydroxylation is 1. The molecule has 0 amide bonds. The molecule has 1 aromatic carbocycles. The van der Waals surface area contributed by atoms with Gasteiger partial charge in [-0.15, -0.1) is 0 Å². The second kappa shape index (κ2) is 3.54. The standard InChI is InChI=1S/C11H11NO2/c1-8-7-9(3-4-11(8)13-2)10-5-6-14-12-10/h3-7H,1-2H3. The van der Waals surface area contributed by atoms with Crippen molar-refractivity contribution >= 4 is 0 Å². The average molecular weight is 189 g/mol. The van der Waals surface area contributed by atoms with Gasteiger partial charge in [0.25, 0.3) is 0 Å². The SMILES string of the molecule is COc1ccc(-c2ccon2)cc1C. The number of hydrogen-bond acceptors (Lipinski definition) is 3. The summed E-state index contributed by atoms with van der Waals surface area (Å²) in [5.41, 5.74) is 2.97.